The Morgan fingerprint density at radius 2 is 2.00 bits per heavy atom. The number of ether oxygens (including phenoxy) is 1. The van der Waals surface area contributed by atoms with Gasteiger partial charge in [0.15, 0.2) is 6.61 Å². The van der Waals surface area contributed by atoms with Gasteiger partial charge in [0.2, 0.25) is 0 Å². The van der Waals surface area contributed by atoms with E-state index in [0.29, 0.717) is 6.04 Å². The van der Waals surface area contributed by atoms with Gasteiger partial charge < -0.3 is 10.1 Å². The van der Waals surface area contributed by atoms with Gasteiger partial charge in [-0.1, -0.05) is 12.5 Å². The topological polar surface area (TPSA) is 38.3 Å². The van der Waals surface area contributed by atoms with E-state index in [1.807, 2.05) is 6.07 Å². The molecule has 2 fully saturated rings. The van der Waals surface area contributed by atoms with Crippen LogP contribution in [-0.2, 0) is 17.6 Å². The van der Waals surface area contributed by atoms with Crippen LogP contribution < -0.4 is 10.1 Å². The summed E-state index contributed by atoms with van der Waals surface area (Å²) >= 11 is 0. The van der Waals surface area contributed by atoms with E-state index in [4.69, 9.17) is 4.74 Å². The van der Waals surface area contributed by atoms with Gasteiger partial charge in [0.05, 0.1) is 0 Å². The monoisotopic (exact) mass is 299 g/mol. The van der Waals surface area contributed by atoms with E-state index in [2.05, 4.69) is 17.4 Å². The fraction of sp³-hybridized carbons (Fsp3) is 0.632. The van der Waals surface area contributed by atoms with E-state index in [1.54, 1.807) is 0 Å². The average Bonchev–Trinajstić information content (AvgIpc) is 3.15. The zero-order valence-corrected chi connectivity index (χ0v) is 13.1. The highest BCUT2D eigenvalue weighted by Gasteiger charge is 2.40. The molecule has 0 aliphatic heterocycles. The molecule has 1 aromatic carbocycles. The van der Waals surface area contributed by atoms with E-state index in [1.165, 1.54) is 56.1 Å². The lowest BCUT2D eigenvalue weighted by atomic mass is 9.92. The third kappa shape index (κ3) is 2.86. The lowest BCUT2D eigenvalue weighted by Gasteiger charge is -2.23. The van der Waals surface area contributed by atoms with Gasteiger partial charge >= 0.3 is 0 Å². The molecular formula is C19H25NO2. The molecule has 1 aromatic rings. The van der Waals surface area contributed by atoms with E-state index >= 15 is 0 Å². The second kappa shape index (κ2) is 5.94. The van der Waals surface area contributed by atoms with Crippen LogP contribution in [0.5, 0.6) is 5.75 Å². The van der Waals surface area contributed by atoms with Crippen molar-refractivity contribution in [2.24, 2.45) is 11.8 Å². The first-order valence-electron chi connectivity index (χ1n) is 8.82. The zero-order valence-electron chi connectivity index (χ0n) is 13.1. The van der Waals surface area contributed by atoms with Gasteiger partial charge in [0.1, 0.15) is 5.75 Å². The Morgan fingerprint density at radius 3 is 2.77 bits per heavy atom. The molecule has 2 bridgehead atoms. The number of benzene rings is 1. The van der Waals surface area contributed by atoms with Gasteiger partial charge in [-0.15, -0.1) is 0 Å². The molecule has 0 radical (unpaired) electrons. The molecule has 0 heterocycles. The van der Waals surface area contributed by atoms with Crippen molar-refractivity contribution in [1.29, 1.82) is 0 Å². The maximum absolute atomic E-state index is 12.1. The van der Waals surface area contributed by atoms with Crippen LogP contribution in [0.25, 0.3) is 0 Å². The summed E-state index contributed by atoms with van der Waals surface area (Å²) in [4.78, 5) is 12.1. The van der Waals surface area contributed by atoms with Crippen molar-refractivity contribution in [2.45, 2.75) is 57.4 Å². The fourth-order valence-electron chi connectivity index (χ4n) is 4.62. The molecule has 3 nitrogen and oxygen atoms in total. The average molecular weight is 299 g/mol. The summed E-state index contributed by atoms with van der Waals surface area (Å²) in [6.07, 6.45) is 10.0. The van der Waals surface area contributed by atoms with Crippen molar-refractivity contribution in [3.05, 3.63) is 29.3 Å². The predicted octanol–water partition coefficient (Wildman–Crippen LogP) is 3.25. The van der Waals surface area contributed by atoms with Crippen LogP contribution in [-0.4, -0.2) is 18.6 Å². The number of carbonyl (C=O) groups is 1. The highest BCUT2D eigenvalue weighted by atomic mass is 16.5. The molecule has 3 aliphatic rings. The number of carbonyl (C=O) groups excluding carboxylic acids is 1. The zero-order chi connectivity index (χ0) is 14.9. The minimum absolute atomic E-state index is 0.0373. The second-order valence-corrected chi connectivity index (χ2v) is 7.28. The maximum Gasteiger partial charge on any atom is 0.258 e. The molecular weight excluding hydrogens is 274 g/mol. The molecule has 4 rings (SSSR count). The molecule has 22 heavy (non-hydrogen) atoms. The van der Waals surface area contributed by atoms with Crippen LogP contribution >= 0.6 is 0 Å². The predicted molar refractivity (Wildman–Crippen MR) is 86.0 cm³/mol. The molecule has 0 saturated heterocycles. The number of fused-ring (bicyclic) bond motifs is 3. The Morgan fingerprint density at radius 1 is 1.14 bits per heavy atom. The van der Waals surface area contributed by atoms with Crippen molar-refractivity contribution in [3.8, 4) is 5.75 Å². The fourth-order valence-corrected chi connectivity index (χ4v) is 4.62. The van der Waals surface area contributed by atoms with E-state index in [-0.39, 0.29) is 12.5 Å². The smallest absolute Gasteiger partial charge is 0.258 e. The Labute approximate surface area is 132 Å². The third-order valence-electron chi connectivity index (χ3n) is 5.77. The van der Waals surface area contributed by atoms with Crippen molar-refractivity contribution in [1.82, 2.24) is 5.32 Å². The van der Waals surface area contributed by atoms with Gasteiger partial charge in [-0.2, -0.15) is 0 Å². The van der Waals surface area contributed by atoms with Crippen LogP contribution in [0.2, 0.25) is 0 Å². The molecule has 0 spiro atoms. The molecule has 1 N–H and O–H groups in total. The Kier molecular flexibility index (Phi) is 3.81. The summed E-state index contributed by atoms with van der Waals surface area (Å²) in [5.74, 6) is 2.45. The minimum atomic E-state index is 0.0373. The van der Waals surface area contributed by atoms with Gasteiger partial charge in [-0.25, -0.2) is 0 Å². The lowest BCUT2D eigenvalue weighted by molar-refractivity contribution is -0.124. The van der Waals surface area contributed by atoms with Crippen molar-refractivity contribution in [2.75, 3.05) is 6.61 Å². The van der Waals surface area contributed by atoms with Gasteiger partial charge in [0, 0.05) is 6.04 Å². The van der Waals surface area contributed by atoms with Crippen molar-refractivity contribution >= 4 is 5.91 Å². The minimum Gasteiger partial charge on any atom is -0.484 e. The third-order valence-corrected chi connectivity index (χ3v) is 5.77. The summed E-state index contributed by atoms with van der Waals surface area (Å²) in [6, 6.07) is 6.70. The molecule has 3 atom stereocenters. The van der Waals surface area contributed by atoms with Gasteiger partial charge in [-0.05, 0) is 80.0 Å². The van der Waals surface area contributed by atoms with Crippen LogP contribution in [0.15, 0.2) is 18.2 Å². The maximum atomic E-state index is 12.1. The van der Waals surface area contributed by atoms with Crippen LogP contribution in [0.1, 0.15) is 49.7 Å². The van der Waals surface area contributed by atoms with E-state index in [9.17, 15) is 4.79 Å². The van der Waals surface area contributed by atoms with Crippen molar-refractivity contribution < 1.29 is 9.53 Å². The van der Waals surface area contributed by atoms with Crippen LogP contribution in [0, 0.1) is 11.8 Å². The molecule has 118 valence electrons. The molecule has 3 aliphatic carbocycles. The van der Waals surface area contributed by atoms with Crippen molar-refractivity contribution in [3.63, 3.8) is 0 Å². The summed E-state index contributed by atoms with van der Waals surface area (Å²) in [7, 11) is 0. The standard InChI is InChI=1S/C19H25NO2/c21-19(20-18-10-13-5-6-16(18)9-13)12-22-17-8-7-14-3-1-2-4-15(14)11-17/h7-8,11,13,16,18H,1-6,9-10,12H2,(H,20,21)/t13-,16-,18+/m1/s1. The summed E-state index contributed by atoms with van der Waals surface area (Å²) in [5, 5.41) is 3.18. The second-order valence-electron chi connectivity index (χ2n) is 7.28. The summed E-state index contributed by atoms with van der Waals surface area (Å²) < 4.78 is 5.71. The first kappa shape index (κ1) is 14.1. The van der Waals surface area contributed by atoms with Gasteiger partial charge in [0.25, 0.3) is 5.91 Å². The highest BCUT2D eigenvalue weighted by Crippen LogP contribution is 2.44. The largest absolute Gasteiger partial charge is 0.484 e. The molecule has 1 amide bonds. The van der Waals surface area contributed by atoms with Crippen LogP contribution in [0.4, 0.5) is 0 Å². The van der Waals surface area contributed by atoms with Crippen LogP contribution in [0.3, 0.4) is 0 Å². The first-order chi connectivity index (χ1) is 10.8. The Balaban J connectivity index is 1.30. The number of rotatable bonds is 4. The first-order valence-corrected chi connectivity index (χ1v) is 8.82. The normalized spacial score (nSPS) is 29.2. The number of nitrogens with one attached hydrogen (secondary N) is 1. The summed E-state index contributed by atoms with van der Waals surface area (Å²) in [5.41, 5.74) is 2.85. The highest BCUT2D eigenvalue weighted by molar-refractivity contribution is 5.78. The Bertz CT molecular complexity index is 569. The molecule has 3 heteroatoms. The number of hydrogen-bond donors (Lipinski definition) is 1. The number of aryl methyl sites for hydroxylation is 2. The molecule has 0 aromatic heterocycles. The number of hydrogen-bond acceptors (Lipinski definition) is 2. The number of amides is 1. The summed E-state index contributed by atoms with van der Waals surface area (Å²) in [6.45, 7) is 0.146. The van der Waals surface area contributed by atoms with E-state index < -0.39 is 0 Å². The molecule has 0 unspecified atom stereocenters. The lowest BCUT2D eigenvalue weighted by Crippen LogP contribution is -2.40. The molecule has 2 saturated carbocycles. The quantitative estimate of drug-likeness (QED) is 0.927. The van der Waals surface area contributed by atoms with Gasteiger partial charge in [-0.3, -0.25) is 4.79 Å². The van der Waals surface area contributed by atoms with E-state index in [0.717, 1.165) is 24.0 Å². The SMILES string of the molecule is O=C(COc1ccc2c(c1)CCCC2)N[C@H]1C[C@@H]2CC[C@@H]1C2. The Hall–Kier alpha value is -1.51.